The van der Waals surface area contributed by atoms with Gasteiger partial charge in [0.15, 0.2) is 11.5 Å². The van der Waals surface area contributed by atoms with Gasteiger partial charge in [0.2, 0.25) is 11.6 Å². The lowest BCUT2D eigenvalue weighted by atomic mass is 9.91. The van der Waals surface area contributed by atoms with Crippen LogP contribution in [0.3, 0.4) is 0 Å². The minimum Gasteiger partial charge on any atom is -0.504 e. The first-order chi connectivity index (χ1) is 15.0. The van der Waals surface area contributed by atoms with E-state index in [9.17, 15) is 14.7 Å². The number of carbonyl (C=O) groups excluding carboxylic acids is 2. The van der Waals surface area contributed by atoms with Crippen LogP contribution >= 0.6 is 0 Å². The minimum absolute atomic E-state index is 0.0706. The number of unbranched alkanes of at least 4 members (excludes halogenated alkanes) is 13. The van der Waals surface area contributed by atoms with Crippen molar-refractivity contribution in [1.82, 2.24) is 0 Å². The number of aliphatic hydroxyl groups is 1. The van der Waals surface area contributed by atoms with Crippen LogP contribution in [0.5, 0.6) is 0 Å². The second kappa shape index (κ2) is 16.8. The van der Waals surface area contributed by atoms with E-state index in [1.54, 1.807) is 0 Å². The number of Topliss-reactive ketones (excluding diaryl/α,β-unsaturated/α-hetero) is 2. The molecule has 0 fully saturated rings. The van der Waals surface area contributed by atoms with Gasteiger partial charge in [0.05, 0.1) is 7.11 Å². The lowest BCUT2D eigenvalue weighted by Gasteiger charge is -2.18. The summed E-state index contributed by atoms with van der Waals surface area (Å²) in [7, 11) is 1.39. The van der Waals surface area contributed by atoms with Crippen molar-refractivity contribution in [3.05, 3.63) is 34.8 Å². The van der Waals surface area contributed by atoms with Crippen molar-refractivity contribution in [1.29, 1.82) is 0 Å². The molecule has 0 saturated carbocycles. The van der Waals surface area contributed by atoms with Gasteiger partial charge < -0.3 is 9.84 Å². The molecule has 0 amide bonds. The van der Waals surface area contributed by atoms with E-state index in [1.165, 1.54) is 91.1 Å². The molecule has 0 bridgehead atoms. The molecule has 176 valence electrons. The van der Waals surface area contributed by atoms with E-state index in [4.69, 9.17) is 4.74 Å². The van der Waals surface area contributed by atoms with Crippen LogP contribution in [-0.2, 0) is 14.3 Å². The lowest BCUT2D eigenvalue weighted by molar-refractivity contribution is -0.120. The molecule has 4 nitrogen and oxygen atoms in total. The van der Waals surface area contributed by atoms with Gasteiger partial charge in [-0.1, -0.05) is 89.7 Å². The van der Waals surface area contributed by atoms with E-state index >= 15 is 0 Å². The van der Waals surface area contributed by atoms with E-state index in [1.807, 2.05) is 0 Å². The van der Waals surface area contributed by atoms with Crippen LogP contribution in [0.25, 0.3) is 0 Å². The Morgan fingerprint density at radius 2 is 1.23 bits per heavy atom. The number of ether oxygens (including phenoxy) is 1. The van der Waals surface area contributed by atoms with Crippen molar-refractivity contribution in [2.24, 2.45) is 0 Å². The molecule has 0 spiro atoms. The van der Waals surface area contributed by atoms with Crippen molar-refractivity contribution in [2.75, 3.05) is 7.11 Å². The molecule has 0 saturated heterocycles. The largest absolute Gasteiger partial charge is 0.504 e. The summed E-state index contributed by atoms with van der Waals surface area (Å²) in [5.41, 5.74) is 0.400. The van der Waals surface area contributed by atoms with E-state index in [-0.39, 0.29) is 22.7 Å². The van der Waals surface area contributed by atoms with E-state index in [2.05, 4.69) is 19.1 Å². The number of rotatable bonds is 18. The van der Waals surface area contributed by atoms with Crippen molar-refractivity contribution in [3.8, 4) is 0 Å². The molecule has 0 aliphatic heterocycles. The zero-order valence-corrected chi connectivity index (χ0v) is 20.1. The van der Waals surface area contributed by atoms with E-state index < -0.39 is 11.5 Å². The second-order valence-electron chi connectivity index (χ2n) is 8.69. The van der Waals surface area contributed by atoms with Gasteiger partial charge in [-0.3, -0.25) is 9.59 Å². The Labute approximate surface area is 189 Å². The Morgan fingerprint density at radius 1 is 0.742 bits per heavy atom. The van der Waals surface area contributed by atoms with E-state index in [0.29, 0.717) is 6.42 Å². The van der Waals surface area contributed by atoms with Crippen molar-refractivity contribution in [3.63, 3.8) is 0 Å². The number of aliphatic hydroxyl groups excluding tert-OH is 1. The molecule has 0 heterocycles. The summed E-state index contributed by atoms with van der Waals surface area (Å²) in [5, 5.41) is 10.0. The highest BCUT2D eigenvalue weighted by molar-refractivity contribution is 6.23. The van der Waals surface area contributed by atoms with Gasteiger partial charge in [-0.15, -0.1) is 0 Å². The van der Waals surface area contributed by atoms with Gasteiger partial charge in [0, 0.05) is 11.1 Å². The first kappa shape index (κ1) is 27.2. The average Bonchev–Trinajstić information content (AvgIpc) is 2.77. The molecule has 31 heavy (non-hydrogen) atoms. The van der Waals surface area contributed by atoms with Gasteiger partial charge in [-0.2, -0.15) is 0 Å². The van der Waals surface area contributed by atoms with Gasteiger partial charge in [-0.25, -0.2) is 0 Å². The van der Waals surface area contributed by atoms with Crippen LogP contribution in [0.15, 0.2) is 34.8 Å². The summed E-state index contributed by atoms with van der Waals surface area (Å²) in [6.07, 6.45) is 23.6. The predicted molar refractivity (Wildman–Crippen MR) is 128 cm³/mol. The molecule has 0 aromatic rings. The number of methoxy groups -OCH3 is 1. The lowest BCUT2D eigenvalue weighted by Crippen LogP contribution is -2.24. The number of hydrogen-bond acceptors (Lipinski definition) is 4. The molecule has 1 rings (SSSR count). The average molecular weight is 433 g/mol. The number of carbonyl (C=O) groups is 2. The Hall–Kier alpha value is -1.84. The first-order valence-electron chi connectivity index (χ1n) is 12.5. The Kier molecular flexibility index (Phi) is 14.7. The second-order valence-corrected chi connectivity index (χ2v) is 8.69. The molecule has 1 aliphatic carbocycles. The molecule has 0 unspecified atom stereocenters. The monoisotopic (exact) mass is 432 g/mol. The third-order valence-electron chi connectivity index (χ3n) is 6.06. The predicted octanol–water partition coefficient (Wildman–Crippen LogP) is 7.69. The summed E-state index contributed by atoms with van der Waals surface area (Å²) < 4.78 is 5.06. The van der Waals surface area contributed by atoms with E-state index in [0.717, 1.165) is 19.3 Å². The quantitative estimate of drug-likeness (QED) is 0.137. The van der Waals surface area contributed by atoms with Gasteiger partial charge >= 0.3 is 0 Å². The van der Waals surface area contributed by atoms with Crippen molar-refractivity contribution in [2.45, 2.75) is 117 Å². The van der Waals surface area contributed by atoms with Gasteiger partial charge in [-0.05, 0) is 39.0 Å². The number of ketones is 2. The maximum atomic E-state index is 12.4. The fourth-order valence-corrected chi connectivity index (χ4v) is 4.02. The van der Waals surface area contributed by atoms with Crippen molar-refractivity contribution >= 4 is 11.6 Å². The molecule has 0 aromatic heterocycles. The van der Waals surface area contributed by atoms with Crippen LogP contribution in [0.4, 0.5) is 0 Å². The third-order valence-corrected chi connectivity index (χ3v) is 6.06. The fourth-order valence-electron chi connectivity index (χ4n) is 4.02. The molecular weight excluding hydrogens is 388 g/mol. The number of hydrogen-bond donors (Lipinski definition) is 1. The highest BCUT2D eigenvalue weighted by Crippen LogP contribution is 2.27. The zero-order valence-electron chi connectivity index (χ0n) is 20.1. The molecule has 1 aliphatic rings. The highest BCUT2D eigenvalue weighted by atomic mass is 16.5. The smallest absolute Gasteiger partial charge is 0.227 e. The summed E-state index contributed by atoms with van der Waals surface area (Å²) >= 11 is 0. The van der Waals surface area contributed by atoms with Gasteiger partial charge in [0.1, 0.15) is 0 Å². The summed E-state index contributed by atoms with van der Waals surface area (Å²) in [5.74, 6) is -1.16. The molecule has 4 heteroatoms. The Morgan fingerprint density at radius 3 is 1.74 bits per heavy atom. The molecule has 0 radical (unpaired) electrons. The fraction of sp³-hybridized carbons (Fsp3) is 0.704. The topological polar surface area (TPSA) is 63.6 Å². The normalized spacial score (nSPS) is 14.9. The van der Waals surface area contributed by atoms with Crippen LogP contribution in [-0.4, -0.2) is 23.8 Å². The molecule has 0 atom stereocenters. The summed E-state index contributed by atoms with van der Waals surface area (Å²) in [4.78, 5) is 24.4. The molecule has 1 N–H and O–H groups in total. The standard InChI is InChI=1S/C27H44O4/c1-4-5-6-7-8-9-10-11-12-13-14-15-16-17-18-19-20-21-23-25(29)24(28)22(2)27(31-3)26(23)30/h7-8,29H,4-6,9-21H2,1-3H3. The van der Waals surface area contributed by atoms with Crippen molar-refractivity contribution < 1.29 is 19.4 Å². The SMILES string of the molecule is CCCCC=CCCCCCCCCCCCCCC1=C(O)C(=O)C(C)=C(OC)C1=O. The molecular formula is C27H44O4. The van der Waals surface area contributed by atoms with Crippen LogP contribution in [0.1, 0.15) is 117 Å². The third kappa shape index (κ3) is 10.3. The Bertz CT molecular complexity index is 640. The molecule has 0 aromatic carbocycles. The summed E-state index contributed by atoms with van der Waals surface area (Å²) in [6, 6.07) is 0. The van der Waals surface area contributed by atoms with Crippen LogP contribution < -0.4 is 0 Å². The minimum atomic E-state index is -0.491. The van der Waals surface area contributed by atoms with Crippen LogP contribution in [0, 0.1) is 0 Å². The number of allylic oxidation sites excluding steroid dienone is 4. The summed E-state index contributed by atoms with van der Waals surface area (Å²) in [6.45, 7) is 3.75. The maximum absolute atomic E-state index is 12.4. The van der Waals surface area contributed by atoms with Crippen LogP contribution in [0.2, 0.25) is 0 Å². The highest BCUT2D eigenvalue weighted by Gasteiger charge is 2.32. The first-order valence-corrected chi connectivity index (χ1v) is 12.5. The zero-order chi connectivity index (χ0) is 22.9. The van der Waals surface area contributed by atoms with Gasteiger partial charge in [0.25, 0.3) is 0 Å². The maximum Gasteiger partial charge on any atom is 0.227 e. The Balaban J connectivity index is 2.00.